The Morgan fingerprint density at radius 3 is 1.42 bits per heavy atom. The fraction of sp³-hybridized carbons (Fsp3) is 1.00. The van der Waals surface area contributed by atoms with Gasteiger partial charge in [0.1, 0.15) is 0 Å². The average molecular weight is 303 g/mol. The zero-order valence-electron chi connectivity index (χ0n) is 12.5. The summed E-state index contributed by atoms with van der Waals surface area (Å²) in [6, 6.07) is 0. The summed E-state index contributed by atoms with van der Waals surface area (Å²) in [5.74, 6) is 0. The topological polar surface area (TPSA) is 105 Å². The minimum absolute atomic E-state index is 0.102. The number of nitrogens with zero attached hydrogens (tertiary/aromatic N) is 1. The van der Waals surface area contributed by atoms with Gasteiger partial charge in [-0.2, -0.15) is 0 Å². The molecule has 118 valence electrons. The molecule has 19 heavy (non-hydrogen) atoms. The first-order valence-corrected chi connectivity index (χ1v) is 6.91. The van der Waals surface area contributed by atoms with Crippen molar-refractivity contribution < 1.29 is 36.2 Å². The Morgan fingerprint density at radius 1 is 1.05 bits per heavy atom. The van der Waals surface area contributed by atoms with Crippen LogP contribution < -0.4 is 0 Å². The zero-order chi connectivity index (χ0) is 15.9. The fourth-order valence-electron chi connectivity index (χ4n) is 1.36. The molecule has 0 amide bonds. The molecule has 0 aromatic rings. The van der Waals surface area contributed by atoms with Crippen LogP contribution in [-0.2, 0) is 24.1 Å². The van der Waals surface area contributed by atoms with Crippen LogP contribution in [-0.4, -0.2) is 69.6 Å². The zero-order valence-corrected chi connectivity index (χ0v) is 13.3. The molecule has 0 fully saturated rings. The second-order valence-electron chi connectivity index (χ2n) is 4.10. The van der Waals surface area contributed by atoms with Gasteiger partial charge in [0.15, 0.2) is 18.7 Å². The summed E-state index contributed by atoms with van der Waals surface area (Å²) in [6.07, 6.45) is -0.727. The van der Waals surface area contributed by atoms with Gasteiger partial charge < -0.3 is 19.1 Å². The SMILES string of the molecule is COC(C)[N+](C)(C(C)O)C(C)OC.COS(=O)(=O)[O-]. The Bertz CT molecular complexity index is 321. The molecule has 0 bridgehead atoms. The number of aliphatic hydroxyl groups excluding tert-OH is 1. The summed E-state index contributed by atoms with van der Waals surface area (Å²) in [4.78, 5) is 0. The maximum Gasteiger partial charge on any atom is 0.217 e. The highest BCUT2D eigenvalue weighted by atomic mass is 32.3. The van der Waals surface area contributed by atoms with E-state index in [1.165, 1.54) is 0 Å². The molecule has 8 nitrogen and oxygen atoms in total. The summed E-state index contributed by atoms with van der Waals surface area (Å²) in [6.45, 7) is 5.58. The van der Waals surface area contributed by atoms with Crippen LogP contribution in [0.4, 0.5) is 0 Å². The number of hydrogen-bond donors (Lipinski definition) is 1. The van der Waals surface area contributed by atoms with Crippen molar-refractivity contribution in [2.24, 2.45) is 0 Å². The highest BCUT2D eigenvalue weighted by Crippen LogP contribution is 2.20. The van der Waals surface area contributed by atoms with Crippen LogP contribution in [0.15, 0.2) is 0 Å². The Morgan fingerprint density at radius 2 is 1.32 bits per heavy atom. The van der Waals surface area contributed by atoms with Gasteiger partial charge in [-0.1, -0.05) is 0 Å². The van der Waals surface area contributed by atoms with Gasteiger partial charge in [0.25, 0.3) is 0 Å². The highest BCUT2D eigenvalue weighted by molar-refractivity contribution is 7.80. The number of rotatable bonds is 6. The van der Waals surface area contributed by atoms with E-state index in [0.717, 1.165) is 7.11 Å². The molecule has 0 aromatic carbocycles. The molecule has 0 saturated heterocycles. The first-order valence-electron chi connectivity index (χ1n) is 5.57. The Labute approximate surface area is 115 Å². The minimum Gasteiger partial charge on any atom is -0.726 e. The molecule has 0 saturated carbocycles. The normalized spacial score (nSPS) is 19.6. The lowest BCUT2D eigenvalue weighted by Crippen LogP contribution is -2.62. The number of methoxy groups -OCH3 is 2. The van der Waals surface area contributed by atoms with E-state index >= 15 is 0 Å². The van der Waals surface area contributed by atoms with E-state index in [-0.39, 0.29) is 12.5 Å². The van der Waals surface area contributed by atoms with Crippen LogP contribution in [0.1, 0.15) is 20.8 Å². The summed E-state index contributed by atoms with van der Waals surface area (Å²) in [5, 5.41) is 9.69. The van der Waals surface area contributed by atoms with E-state index in [2.05, 4.69) is 4.18 Å². The third-order valence-electron chi connectivity index (χ3n) is 3.26. The first-order chi connectivity index (χ1) is 8.47. The third-order valence-corrected chi connectivity index (χ3v) is 3.67. The predicted molar refractivity (Wildman–Crippen MR) is 67.5 cm³/mol. The Balaban J connectivity index is 0. The molecule has 3 unspecified atom stereocenters. The maximum absolute atomic E-state index is 9.69. The fourth-order valence-corrected chi connectivity index (χ4v) is 1.36. The maximum atomic E-state index is 9.69. The van der Waals surface area contributed by atoms with Crippen molar-refractivity contribution in [2.45, 2.75) is 39.5 Å². The third kappa shape index (κ3) is 7.16. The van der Waals surface area contributed by atoms with Gasteiger partial charge in [0, 0.05) is 35.0 Å². The minimum atomic E-state index is -4.41. The Hall–Kier alpha value is -0.290. The van der Waals surface area contributed by atoms with Crippen molar-refractivity contribution in [3.05, 3.63) is 0 Å². The molecule has 0 aliphatic carbocycles. The van der Waals surface area contributed by atoms with Crippen molar-refractivity contribution in [3.63, 3.8) is 0 Å². The summed E-state index contributed by atoms with van der Waals surface area (Å²) in [7, 11) is 1.57. The van der Waals surface area contributed by atoms with Crippen LogP contribution in [0.3, 0.4) is 0 Å². The van der Waals surface area contributed by atoms with Crippen LogP contribution in [0.5, 0.6) is 0 Å². The summed E-state index contributed by atoms with van der Waals surface area (Å²) in [5.41, 5.74) is 0. The van der Waals surface area contributed by atoms with E-state index in [9.17, 15) is 18.1 Å². The molecule has 0 rings (SSSR count). The summed E-state index contributed by atoms with van der Waals surface area (Å²) < 4.78 is 41.8. The number of hydrogen-bond acceptors (Lipinski definition) is 7. The molecule has 0 radical (unpaired) electrons. The van der Waals surface area contributed by atoms with Gasteiger partial charge in [0.2, 0.25) is 10.4 Å². The van der Waals surface area contributed by atoms with Crippen molar-refractivity contribution >= 4 is 10.4 Å². The van der Waals surface area contributed by atoms with Crippen LogP contribution in [0.25, 0.3) is 0 Å². The molecule has 1 N–H and O–H groups in total. The van der Waals surface area contributed by atoms with Crippen LogP contribution in [0, 0.1) is 0 Å². The lowest BCUT2D eigenvalue weighted by molar-refractivity contribution is -1.03. The monoisotopic (exact) mass is 303 g/mol. The van der Waals surface area contributed by atoms with Crippen LogP contribution >= 0.6 is 0 Å². The van der Waals surface area contributed by atoms with Gasteiger partial charge >= 0.3 is 0 Å². The highest BCUT2D eigenvalue weighted by Gasteiger charge is 2.39. The molecular formula is C10H25NO7S. The van der Waals surface area contributed by atoms with E-state index in [0.29, 0.717) is 4.48 Å². The average Bonchev–Trinajstić information content (AvgIpc) is 2.35. The van der Waals surface area contributed by atoms with E-state index < -0.39 is 16.6 Å². The lowest BCUT2D eigenvalue weighted by atomic mass is 10.3. The quantitative estimate of drug-likeness (QED) is 0.315. The standard InChI is InChI=1S/C9H22NO3.CH4O4S/c1-7(11)10(4,8(2)12-5)9(3)13-6;1-5-6(2,3)4/h7-9,11H,1-6H3;1H3,(H,2,3,4)/q+1;/p-1. The molecule has 0 aliphatic heterocycles. The smallest absolute Gasteiger partial charge is 0.217 e. The van der Waals surface area contributed by atoms with E-state index in [4.69, 9.17) is 9.47 Å². The van der Waals surface area contributed by atoms with Crippen molar-refractivity contribution in [3.8, 4) is 0 Å². The second-order valence-corrected chi connectivity index (χ2v) is 5.25. The summed E-state index contributed by atoms with van der Waals surface area (Å²) >= 11 is 0. The van der Waals surface area contributed by atoms with Crippen LogP contribution in [0.2, 0.25) is 0 Å². The second kappa shape index (κ2) is 8.80. The number of aliphatic hydroxyl groups is 1. The van der Waals surface area contributed by atoms with Gasteiger partial charge in [-0.25, -0.2) is 8.42 Å². The molecular weight excluding hydrogens is 278 g/mol. The van der Waals surface area contributed by atoms with E-state index in [1.54, 1.807) is 21.1 Å². The lowest BCUT2D eigenvalue weighted by Gasteiger charge is -2.44. The molecule has 9 heteroatoms. The van der Waals surface area contributed by atoms with Crippen molar-refractivity contribution in [1.29, 1.82) is 0 Å². The Kier molecular flexibility index (Phi) is 9.73. The molecule has 0 heterocycles. The van der Waals surface area contributed by atoms with Crippen molar-refractivity contribution in [1.82, 2.24) is 0 Å². The molecule has 0 aliphatic rings. The van der Waals surface area contributed by atoms with Gasteiger partial charge in [0.05, 0.1) is 14.2 Å². The predicted octanol–water partition coefficient (Wildman–Crippen LogP) is -0.151. The number of quaternary nitrogens is 1. The molecule has 3 atom stereocenters. The van der Waals surface area contributed by atoms with Crippen molar-refractivity contribution in [2.75, 3.05) is 28.4 Å². The van der Waals surface area contributed by atoms with Gasteiger partial charge in [-0.15, -0.1) is 0 Å². The molecule has 0 spiro atoms. The van der Waals surface area contributed by atoms with Gasteiger partial charge in [-0.3, -0.25) is 8.67 Å². The number of ether oxygens (including phenoxy) is 2. The first kappa shape index (κ1) is 21.0. The largest absolute Gasteiger partial charge is 0.726 e. The molecule has 0 aromatic heterocycles. The van der Waals surface area contributed by atoms with Gasteiger partial charge in [-0.05, 0) is 0 Å². The van der Waals surface area contributed by atoms with E-state index in [1.807, 2.05) is 20.9 Å².